The molecule has 0 radical (unpaired) electrons. The van der Waals surface area contributed by atoms with Gasteiger partial charge in [-0.25, -0.2) is 4.39 Å². The van der Waals surface area contributed by atoms with Gasteiger partial charge < -0.3 is 0 Å². The highest BCUT2D eigenvalue weighted by atomic mass is 32.1. The van der Waals surface area contributed by atoms with Crippen LogP contribution in [0.3, 0.4) is 0 Å². The second-order valence-electron chi connectivity index (χ2n) is 3.44. The molecule has 86 valence electrons. The fourth-order valence-electron chi connectivity index (χ4n) is 1.60. The van der Waals surface area contributed by atoms with Crippen LogP contribution >= 0.6 is 11.3 Å². The zero-order chi connectivity index (χ0) is 10.8. The molecule has 0 unspecified atom stereocenters. The van der Waals surface area contributed by atoms with Gasteiger partial charge in [-0.15, -0.1) is 11.3 Å². The minimum Gasteiger partial charge on any atom is -0.294 e. The van der Waals surface area contributed by atoms with Crippen LogP contribution in [0.25, 0.3) is 10.1 Å². The minimum absolute atomic E-state index is 0. The maximum atomic E-state index is 13.3. The highest BCUT2D eigenvalue weighted by molar-refractivity contribution is 7.17. The van der Waals surface area contributed by atoms with Crippen molar-refractivity contribution < 1.29 is 13.9 Å². The standard InChI is InChI=1S/C12H11FOS.FH/c1-2-4-11(14)9-7-15-12-8(9)5-3-6-10(12)13;/h3,5-7H,2,4H2,1H3;1H. The van der Waals surface area contributed by atoms with Crippen molar-refractivity contribution in [2.75, 3.05) is 0 Å². The van der Waals surface area contributed by atoms with Gasteiger partial charge >= 0.3 is 0 Å². The first-order valence-corrected chi connectivity index (χ1v) is 5.81. The van der Waals surface area contributed by atoms with Crippen molar-refractivity contribution in [2.24, 2.45) is 0 Å². The van der Waals surface area contributed by atoms with Crippen molar-refractivity contribution in [3.05, 3.63) is 35.0 Å². The van der Waals surface area contributed by atoms with E-state index in [4.69, 9.17) is 0 Å². The average molecular weight is 242 g/mol. The molecular weight excluding hydrogens is 230 g/mol. The maximum absolute atomic E-state index is 13.3. The summed E-state index contributed by atoms with van der Waals surface area (Å²) in [6.45, 7) is 1.97. The lowest BCUT2D eigenvalue weighted by molar-refractivity contribution is 0.0983. The second-order valence-corrected chi connectivity index (χ2v) is 4.32. The number of carbonyl (C=O) groups excluding carboxylic acids is 1. The van der Waals surface area contributed by atoms with Crippen LogP contribution in [0.2, 0.25) is 0 Å². The van der Waals surface area contributed by atoms with Crippen molar-refractivity contribution in [1.29, 1.82) is 0 Å². The first kappa shape index (κ1) is 12.8. The number of hydrogen-bond acceptors (Lipinski definition) is 2. The molecule has 2 aromatic rings. The molecule has 0 fully saturated rings. The Kier molecular flexibility index (Phi) is 4.12. The fraction of sp³-hybridized carbons (Fsp3) is 0.250. The van der Waals surface area contributed by atoms with E-state index in [1.807, 2.05) is 6.92 Å². The summed E-state index contributed by atoms with van der Waals surface area (Å²) in [4.78, 5) is 11.7. The second kappa shape index (κ2) is 5.16. The Morgan fingerprint density at radius 1 is 1.44 bits per heavy atom. The Hall–Kier alpha value is -1.29. The molecular formula is C12H12F2OS. The lowest BCUT2D eigenvalue weighted by Gasteiger charge is -1.97. The molecule has 1 nitrogen and oxygen atoms in total. The number of rotatable bonds is 3. The van der Waals surface area contributed by atoms with Crippen LogP contribution in [0.1, 0.15) is 30.1 Å². The van der Waals surface area contributed by atoms with Crippen LogP contribution in [0.4, 0.5) is 9.09 Å². The summed E-state index contributed by atoms with van der Waals surface area (Å²) in [6.07, 6.45) is 1.35. The van der Waals surface area contributed by atoms with Gasteiger partial charge in [0, 0.05) is 22.8 Å². The van der Waals surface area contributed by atoms with Gasteiger partial charge in [-0.05, 0) is 12.5 Å². The molecule has 0 aliphatic carbocycles. The Bertz CT molecular complexity index is 505. The van der Waals surface area contributed by atoms with Crippen molar-refractivity contribution in [3.63, 3.8) is 0 Å². The van der Waals surface area contributed by atoms with E-state index in [2.05, 4.69) is 0 Å². The van der Waals surface area contributed by atoms with E-state index >= 15 is 0 Å². The Morgan fingerprint density at radius 3 is 2.88 bits per heavy atom. The van der Waals surface area contributed by atoms with Crippen LogP contribution < -0.4 is 0 Å². The van der Waals surface area contributed by atoms with Gasteiger partial charge in [0.15, 0.2) is 5.78 Å². The molecule has 0 spiro atoms. The summed E-state index contributed by atoms with van der Waals surface area (Å²) in [5.41, 5.74) is 0.663. The van der Waals surface area contributed by atoms with E-state index in [1.54, 1.807) is 17.5 Å². The molecule has 1 aromatic heterocycles. The minimum atomic E-state index is -0.243. The zero-order valence-corrected chi connectivity index (χ0v) is 9.64. The summed E-state index contributed by atoms with van der Waals surface area (Å²) in [6, 6.07) is 4.87. The topological polar surface area (TPSA) is 17.1 Å². The summed E-state index contributed by atoms with van der Waals surface area (Å²) in [7, 11) is 0. The van der Waals surface area contributed by atoms with Crippen LogP contribution in [0, 0.1) is 5.82 Å². The van der Waals surface area contributed by atoms with E-state index in [9.17, 15) is 9.18 Å². The largest absolute Gasteiger partial charge is 0.294 e. The number of fused-ring (bicyclic) bond motifs is 1. The van der Waals surface area contributed by atoms with Crippen LogP contribution in [-0.2, 0) is 0 Å². The first-order valence-electron chi connectivity index (χ1n) is 4.93. The fourth-order valence-corrected chi connectivity index (χ4v) is 2.58. The third-order valence-corrected chi connectivity index (χ3v) is 3.33. The first-order chi connectivity index (χ1) is 7.24. The summed E-state index contributed by atoms with van der Waals surface area (Å²) in [5.74, 6) is -0.137. The van der Waals surface area contributed by atoms with Gasteiger partial charge in [0.05, 0.1) is 4.70 Å². The molecule has 1 heterocycles. The Labute approximate surface area is 96.3 Å². The predicted molar refractivity (Wildman–Crippen MR) is 63.5 cm³/mol. The smallest absolute Gasteiger partial charge is 0.164 e. The van der Waals surface area contributed by atoms with Gasteiger partial charge in [-0.1, -0.05) is 19.1 Å². The van der Waals surface area contributed by atoms with Crippen LogP contribution in [0.5, 0.6) is 0 Å². The molecule has 0 atom stereocenters. The molecule has 0 bridgehead atoms. The molecule has 2 rings (SSSR count). The molecule has 0 amide bonds. The number of hydrogen-bond donors (Lipinski definition) is 0. The third kappa shape index (κ3) is 2.11. The number of halogens is 2. The number of ketones is 1. The number of thiophene rings is 1. The van der Waals surface area contributed by atoms with Gasteiger partial charge in [0.2, 0.25) is 0 Å². The van der Waals surface area contributed by atoms with Crippen LogP contribution in [-0.4, -0.2) is 5.78 Å². The summed E-state index contributed by atoms with van der Waals surface area (Å²) >= 11 is 1.30. The van der Waals surface area contributed by atoms with E-state index in [0.717, 1.165) is 11.8 Å². The number of Topliss-reactive ketones (excluding diaryl/α,β-unsaturated/α-hetero) is 1. The molecule has 0 N–H and O–H groups in total. The maximum Gasteiger partial charge on any atom is 0.164 e. The quantitative estimate of drug-likeness (QED) is 0.738. The van der Waals surface area contributed by atoms with E-state index in [1.165, 1.54) is 17.4 Å². The van der Waals surface area contributed by atoms with Crippen LogP contribution in [0.15, 0.2) is 23.6 Å². The SMILES string of the molecule is CCCC(=O)c1csc2c(F)cccc12.F. The summed E-state index contributed by atoms with van der Waals surface area (Å²) < 4.78 is 13.9. The highest BCUT2D eigenvalue weighted by Crippen LogP contribution is 2.29. The zero-order valence-electron chi connectivity index (χ0n) is 8.83. The van der Waals surface area contributed by atoms with Crippen molar-refractivity contribution in [1.82, 2.24) is 0 Å². The molecule has 0 aliphatic rings. The Morgan fingerprint density at radius 2 is 2.19 bits per heavy atom. The molecule has 0 saturated heterocycles. The lowest BCUT2D eigenvalue weighted by Crippen LogP contribution is -1.96. The normalized spacial score (nSPS) is 10.1. The van der Waals surface area contributed by atoms with E-state index in [0.29, 0.717) is 16.7 Å². The molecule has 1 aromatic carbocycles. The Balaban J connectivity index is 0.00000128. The van der Waals surface area contributed by atoms with Gasteiger partial charge in [-0.2, -0.15) is 0 Å². The van der Waals surface area contributed by atoms with Gasteiger partial charge in [-0.3, -0.25) is 9.50 Å². The van der Waals surface area contributed by atoms with Gasteiger partial charge in [0.1, 0.15) is 5.82 Å². The highest BCUT2D eigenvalue weighted by Gasteiger charge is 2.12. The molecule has 0 aliphatic heterocycles. The third-order valence-electron chi connectivity index (χ3n) is 2.33. The summed E-state index contributed by atoms with van der Waals surface area (Å²) in [5, 5.41) is 2.50. The van der Waals surface area contributed by atoms with Crippen molar-refractivity contribution in [3.8, 4) is 0 Å². The molecule has 4 heteroatoms. The van der Waals surface area contributed by atoms with E-state index < -0.39 is 0 Å². The van der Waals surface area contributed by atoms with E-state index in [-0.39, 0.29) is 16.3 Å². The number of benzene rings is 1. The van der Waals surface area contributed by atoms with Crippen molar-refractivity contribution in [2.45, 2.75) is 19.8 Å². The van der Waals surface area contributed by atoms with Crippen molar-refractivity contribution >= 4 is 27.2 Å². The molecule has 0 saturated carbocycles. The average Bonchev–Trinajstić information content (AvgIpc) is 2.63. The monoisotopic (exact) mass is 242 g/mol. The lowest BCUT2D eigenvalue weighted by atomic mass is 10.1. The number of carbonyl (C=O) groups is 1. The van der Waals surface area contributed by atoms with Gasteiger partial charge in [0.25, 0.3) is 0 Å². The predicted octanol–water partition coefficient (Wildman–Crippen LogP) is 4.18. The molecule has 16 heavy (non-hydrogen) atoms.